The molecule has 3 aromatic heterocycles. The Morgan fingerprint density at radius 1 is 1.31 bits per heavy atom. The summed E-state index contributed by atoms with van der Waals surface area (Å²) >= 11 is 6.52. The van der Waals surface area contributed by atoms with Crippen LogP contribution >= 0.6 is 23.6 Å². The number of benzene rings is 1. The average molecular weight is 425 g/mol. The lowest BCUT2D eigenvalue weighted by molar-refractivity contribution is 0.102. The monoisotopic (exact) mass is 425 g/mol. The molecule has 1 aromatic carbocycles. The minimum absolute atomic E-state index is 0.115. The summed E-state index contributed by atoms with van der Waals surface area (Å²) in [4.78, 5) is 29.9. The van der Waals surface area contributed by atoms with Crippen molar-refractivity contribution < 1.29 is 4.79 Å². The van der Waals surface area contributed by atoms with Gasteiger partial charge >= 0.3 is 0 Å². The molecule has 0 aliphatic rings. The van der Waals surface area contributed by atoms with Gasteiger partial charge in [-0.15, -0.1) is 6.58 Å². The van der Waals surface area contributed by atoms with Gasteiger partial charge in [-0.2, -0.15) is 10.2 Å². The molecule has 9 nitrogen and oxygen atoms in total. The second-order valence-corrected chi connectivity index (χ2v) is 7.47. The van der Waals surface area contributed by atoms with Crippen LogP contribution in [-0.4, -0.2) is 35.9 Å². The first-order valence-corrected chi connectivity index (χ1v) is 9.74. The first-order chi connectivity index (χ1) is 14.0. The number of amides is 1. The summed E-state index contributed by atoms with van der Waals surface area (Å²) in [6, 6.07) is 6.79. The predicted molar refractivity (Wildman–Crippen MR) is 114 cm³/mol. The third-order valence-corrected chi connectivity index (χ3v) is 5.58. The Bertz CT molecular complexity index is 1360. The summed E-state index contributed by atoms with van der Waals surface area (Å²) in [7, 11) is 0. The van der Waals surface area contributed by atoms with Crippen LogP contribution in [0.4, 0.5) is 5.13 Å². The van der Waals surface area contributed by atoms with Crippen LogP contribution in [0.25, 0.3) is 21.5 Å². The van der Waals surface area contributed by atoms with Crippen LogP contribution in [0.5, 0.6) is 0 Å². The van der Waals surface area contributed by atoms with E-state index in [0.29, 0.717) is 38.7 Å². The van der Waals surface area contributed by atoms with Crippen molar-refractivity contribution in [3.05, 3.63) is 63.4 Å². The summed E-state index contributed by atoms with van der Waals surface area (Å²) < 4.78 is 2.27. The van der Waals surface area contributed by atoms with Gasteiger partial charge in [0.05, 0.1) is 16.0 Å². The van der Waals surface area contributed by atoms with Crippen LogP contribution in [0.1, 0.15) is 16.2 Å². The first-order valence-electron chi connectivity index (χ1n) is 8.52. The lowest BCUT2D eigenvalue weighted by atomic mass is 10.1. The Morgan fingerprint density at radius 3 is 2.83 bits per heavy atom. The molecule has 0 unspecified atom stereocenters. The van der Waals surface area contributed by atoms with Gasteiger partial charge in [0, 0.05) is 11.9 Å². The third-order valence-electron chi connectivity index (χ3n) is 4.20. The van der Waals surface area contributed by atoms with E-state index in [2.05, 4.69) is 37.3 Å². The van der Waals surface area contributed by atoms with E-state index in [1.165, 1.54) is 11.3 Å². The minimum atomic E-state index is -0.470. The van der Waals surface area contributed by atoms with Crippen molar-refractivity contribution >= 4 is 45.4 Å². The fraction of sp³-hybridized carbons (Fsp3) is 0.111. The minimum Gasteiger partial charge on any atom is -0.296 e. The second-order valence-electron chi connectivity index (χ2n) is 6.09. The number of nitrogens with one attached hydrogen (secondary N) is 3. The zero-order chi connectivity index (χ0) is 20.5. The maximum atomic E-state index is 12.8. The number of nitrogens with zero attached hydrogens (tertiary/aromatic N) is 4. The zero-order valence-electron chi connectivity index (χ0n) is 15.2. The highest BCUT2D eigenvalue weighted by Gasteiger charge is 2.19. The molecule has 0 bridgehead atoms. The molecule has 0 atom stereocenters. The number of rotatable bonds is 5. The van der Waals surface area contributed by atoms with Gasteiger partial charge < -0.3 is 0 Å². The first kappa shape index (κ1) is 18.9. The van der Waals surface area contributed by atoms with Crippen LogP contribution in [-0.2, 0) is 6.54 Å². The Hall–Kier alpha value is -3.44. The summed E-state index contributed by atoms with van der Waals surface area (Å²) in [5.74, 6) is 0.153. The Morgan fingerprint density at radius 2 is 2.07 bits per heavy atom. The predicted octanol–water partition coefficient (Wildman–Crippen LogP) is 3.05. The maximum absolute atomic E-state index is 12.8. The normalized spacial score (nSPS) is 10.9. The molecule has 3 N–H and O–H groups in total. The van der Waals surface area contributed by atoms with E-state index in [1.807, 2.05) is 6.92 Å². The van der Waals surface area contributed by atoms with Crippen LogP contribution in [0.15, 0.2) is 41.7 Å². The van der Waals surface area contributed by atoms with Gasteiger partial charge in [0.1, 0.15) is 0 Å². The molecule has 0 fully saturated rings. The van der Waals surface area contributed by atoms with Gasteiger partial charge in [0.15, 0.2) is 21.4 Å². The SMILES string of the molecule is C=CCn1c(-c2sc(NC(=O)c3n[nH]c(=O)c4ccccc34)nc2C)n[nH]c1=S. The fourth-order valence-electron chi connectivity index (χ4n) is 2.89. The van der Waals surface area contributed by atoms with E-state index >= 15 is 0 Å². The topological polar surface area (TPSA) is 121 Å². The number of aromatic amines is 2. The molecular weight excluding hydrogens is 410 g/mol. The Labute approximate surface area is 173 Å². The van der Waals surface area contributed by atoms with E-state index in [-0.39, 0.29) is 11.3 Å². The number of allylic oxidation sites excluding steroid dienone is 1. The molecule has 146 valence electrons. The van der Waals surface area contributed by atoms with E-state index in [0.717, 1.165) is 4.88 Å². The molecular formula is C18H15N7O2S2. The standard InChI is InChI=1S/C18H15N7O2S2/c1-3-8-25-14(22-24-18(25)28)13-9(2)19-17(29-13)20-16(27)12-10-6-4-5-7-11(10)15(26)23-21-12/h3-7H,1,8H2,2H3,(H,23,26)(H,24,28)(H,19,20,27). The number of aryl methyl sites for hydroxylation is 1. The number of thiazole rings is 1. The van der Waals surface area contributed by atoms with Gasteiger partial charge in [-0.1, -0.05) is 35.6 Å². The number of H-pyrrole nitrogens is 2. The third kappa shape index (κ3) is 3.41. The number of carbonyl (C=O) groups is 1. The van der Waals surface area contributed by atoms with Gasteiger partial charge in [-0.05, 0) is 25.2 Å². The van der Waals surface area contributed by atoms with Crippen molar-refractivity contribution in [2.45, 2.75) is 13.5 Å². The summed E-state index contributed by atoms with van der Waals surface area (Å²) in [5, 5.41) is 17.3. The number of aromatic nitrogens is 6. The molecule has 0 spiro atoms. The van der Waals surface area contributed by atoms with Gasteiger partial charge in [0.25, 0.3) is 11.5 Å². The van der Waals surface area contributed by atoms with Crippen molar-refractivity contribution in [1.82, 2.24) is 29.9 Å². The second kappa shape index (κ2) is 7.53. The number of carbonyl (C=O) groups excluding carboxylic acids is 1. The van der Waals surface area contributed by atoms with Crippen molar-refractivity contribution in [2.75, 3.05) is 5.32 Å². The van der Waals surface area contributed by atoms with Crippen molar-refractivity contribution in [2.24, 2.45) is 0 Å². The quantitative estimate of drug-likeness (QED) is 0.334. The van der Waals surface area contributed by atoms with Crippen LogP contribution in [0.2, 0.25) is 0 Å². The van der Waals surface area contributed by atoms with Crippen molar-refractivity contribution in [1.29, 1.82) is 0 Å². The highest BCUT2D eigenvalue weighted by molar-refractivity contribution is 7.71. The fourth-order valence-corrected chi connectivity index (χ4v) is 4.06. The van der Waals surface area contributed by atoms with E-state index < -0.39 is 5.91 Å². The maximum Gasteiger partial charge on any atom is 0.278 e. The number of anilines is 1. The highest BCUT2D eigenvalue weighted by atomic mass is 32.1. The molecule has 0 saturated carbocycles. The van der Waals surface area contributed by atoms with E-state index in [1.54, 1.807) is 34.9 Å². The summed E-state index contributed by atoms with van der Waals surface area (Å²) in [6.07, 6.45) is 1.72. The highest BCUT2D eigenvalue weighted by Crippen LogP contribution is 2.32. The Kier molecular flexibility index (Phi) is 4.91. The van der Waals surface area contributed by atoms with Crippen molar-refractivity contribution in [3.8, 4) is 10.7 Å². The molecule has 0 aliphatic carbocycles. The van der Waals surface area contributed by atoms with Crippen molar-refractivity contribution in [3.63, 3.8) is 0 Å². The largest absolute Gasteiger partial charge is 0.296 e. The molecule has 1 amide bonds. The zero-order valence-corrected chi connectivity index (χ0v) is 16.9. The van der Waals surface area contributed by atoms with E-state index in [4.69, 9.17) is 12.2 Å². The van der Waals surface area contributed by atoms with Crippen LogP contribution < -0.4 is 10.9 Å². The Balaban J connectivity index is 1.69. The molecule has 0 radical (unpaired) electrons. The summed E-state index contributed by atoms with van der Waals surface area (Å²) in [5.41, 5.74) is 0.461. The molecule has 4 rings (SSSR count). The number of hydrogen-bond acceptors (Lipinski definition) is 7. The van der Waals surface area contributed by atoms with Gasteiger partial charge in [0.2, 0.25) is 0 Å². The number of hydrogen-bond donors (Lipinski definition) is 3. The van der Waals surface area contributed by atoms with Crippen LogP contribution in [0.3, 0.4) is 0 Å². The van der Waals surface area contributed by atoms with Gasteiger partial charge in [-0.3, -0.25) is 24.6 Å². The molecule has 4 aromatic rings. The van der Waals surface area contributed by atoms with E-state index in [9.17, 15) is 9.59 Å². The number of fused-ring (bicyclic) bond motifs is 1. The molecule has 11 heteroatoms. The summed E-state index contributed by atoms with van der Waals surface area (Å²) in [6.45, 7) is 6.05. The average Bonchev–Trinajstić information content (AvgIpc) is 3.24. The molecule has 0 aliphatic heterocycles. The van der Waals surface area contributed by atoms with Crippen LogP contribution in [0, 0.1) is 11.7 Å². The van der Waals surface area contributed by atoms with Gasteiger partial charge in [-0.25, -0.2) is 10.1 Å². The molecule has 3 heterocycles. The lowest BCUT2D eigenvalue weighted by Crippen LogP contribution is -2.19. The smallest absolute Gasteiger partial charge is 0.278 e. The molecule has 0 saturated heterocycles. The molecule has 29 heavy (non-hydrogen) atoms. The lowest BCUT2D eigenvalue weighted by Gasteiger charge is -2.04.